The zero-order valence-corrected chi connectivity index (χ0v) is 33.7. The molecule has 0 fully saturated rings. The van der Waals surface area contributed by atoms with Crippen LogP contribution in [0.4, 0.5) is 0 Å². The second-order valence-corrected chi connectivity index (χ2v) is 11.5. The molecular weight excluding hydrogens is 695 g/mol. The van der Waals surface area contributed by atoms with E-state index in [0.29, 0.717) is 0 Å². The number of hydrogen-bond donors (Lipinski definition) is 0. The summed E-state index contributed by atoms with van der Waals surface area (Å²) >= 11 is 0. The summed E-state index contributed by atoms with van der Waals surface area (Å²) in [5, 5.41) is 0. The molecule has 0 amide bonds. The highest BCUT2D eigenvalue weighted by Gasteiger charge is 1.78. The van der Waals surface area contributed by atoms with Crippen molar-refractivity contribution in [2.45, 2.75) is 55.4 Å². The van der Waals surface area contributed by atoms with E-state index in [-0.39, 0.29) is 0 Å². The molecule has 0 unspecified atom stereocenters. The number of pyridine rings is 3. The van der Waals surface area contributed by atoms with Crippen LogP contribution in [-0.4, -0.2) is 54.8 Å². The molecule has 7 heterocycles. The van der Waals surface area contributed by atoms with E-state index < -0.39 is 0 Å². The minimum Gasteiger partial charge on any atom is -0.264 e. The molecule has 0 radical (unpaired) electrons. The van der Waals surface area contributed by atoms with Gasteiger partial charge in [-0.3, -0.25) is 24.9 Å². The van der Waals surface area contributed by atoms with E-state index in [1.807, 2.05) is 121 Å². The molecule has 0 atom stereocenters. The van der Waals surface area contributed by atoms with Crippen molar-refractivity contribution in [3.63, 3.8) is 0 Å². The van der Waals surface area contributed by atoms with Crippen LogP contribution in [0.3, 0.4) is 0 Å². The summed E-state index contributed by atoms with van der Waals surface area (Å²) in [5.41, 5.74) is 6.74. The number of aromatic nitrogens is 11. The van der Waals surface area contributed by atoms with E-state index in [4.69, 9.17) is 0 Å². The van der Waals surface area contributed by atoms with Crippen LogP contribution < -0.4 is 0 Å². The Labute approximate surface area is 332 Å². The first-order valence-corrected chi connectivity index (χ1v) is 17.7. The zero-order chi connectivity index (χ0) is 40.9. The van der Waals surface area contributed by atoms with Crippen LogP contribution in [0.5, 0.6) is 0 Å². The average molecular weight is 748 g/mol. The third-order valence-corrected chi connectivity index (χ3v) is 6.15. The number of nitrogens with zero attached hydrogens (tertiary/aromatic N) is 11. The van der Waals surface area contributed by atoms with Crippen molar-refractivity contribution in [1.29, 1.82) is 0 Å². The number of aryl methyl sites for hydroxylation is 8. The number of rotatable bonds is 0. The van der Waals surface area contributed by atoms with Crippen molar-refractivity contribution in [2.24, 2.45) is 0 Å². The summed E-state index contributed by atoms with van der Waals surface area (Å²) in [4.78, 5) is 42.6. The molecule has 8 aromatic rings. The molecule has 0 bridgehead atoms. The Hall–Kier alpha value is -7.01. The lowest BCUT2D eigenvalue weighted by molar-refractivity contribution is 1.05. The van der Waals surface area contributed by atoms with Crippen LogP contribution in [0.2, 0.25) is 0 Å². The number of benzene rings is 1. The van der Waals surface area contributed by atoms with Crippen molar-refractivity contribution in [3.8, 4) is 0 Å². The fourth-order valence-electron chi connectivity index (χ4n) is 3.37. The SMILES string of the molecule is Cc1ccccc1.Cc1ccccn1.Cc1ccccn1.Cc1cccnc1.Cc1cnccn1.Cc1cncnc1.Cc1ncccn1.Cc1ncccn1. The molecule has 0 N–H and O–H groups in total. The van der Waals surface area contributed by atoms with Gasteiger partial charge in [-0.1, -0.05) is 54.1 Å². The summed E-state index contributed by atoms with van der Waals surface area (Å²) in [7, 11) is 0. The van der Waals surface area contributed by atoms with E-state index in [2.05, 4.69) is 73.9 Å². The molecule has 1 aromatic carbocycles. The van der Waals surface area contributed by atoms with Gasteiger partial charge in [-0.05, 0) is 109 Å². The van der Waals surface area contributed by atoms with Gasteiger partial charge < -0.3 is 0 Å². The lowest BCUT2D eigenvalue weighted by Gasteiger charge is -1.82. The first kappa shape index (κ1) is 47.0. The van der Waals surface area contributed by atoms with E-state index in [0.717, 1.165) is 34.3 Å². The molecule has 56 heavy (non-hydrogen) atoms. The van der Waals surface area contributed by atoms with Gasteiger partial charge in [0.2, 0.25) is 0 Å². The molecule has 7 aromatic heterocycles. The Bertz CT molecular complexity index is 1530. The van der Waals surface area contributed by atoms with Crippen LogP contribution in [0.25, 0.3) is 0 Å². The first-order chi connectivity index (χ1) is 27.2. The van der Waals surface area contributed by atoms with Crippen LogP contribution in [0.1, 0.15) is 45.4 Å². The van der Waals surface area contributed by atoms with Crippen molar-refractivity contribution in [1.82, 2.24) is 54.8 Å². The van der Waals surface area contributed by atoms with E-state index in [1.54, 1.807) is 86.5 Å². The molecule has 11 heteroatoms. The maximum atomic E-state index is 3.98. The van der Waals surface area contributed by atoms with Crippen LogP contribution in [0, 0.1) is 55.4 Å². The summed E-state index contributed by atoms with van der Waals surface area (Å²) < 4.78 is 0. The van der Waals surface area contributed by atoms with E-state index >= 15 is 0 Å². The van der Waals surface area contributed by atoms with Gasteiger partial charge in [-0.25, -0.2) is 29.9 Å². The molecular formula is C45H53N11. The Morgan fingerprint density at radius 2 is 0.696 bits per heavy atom. The highest BCUT2D eigenvalue weighted by Crippen LogP contribution is 1.92. The summed E-state index contributed by atoms with van der Waals surface area (Å²) in [5.74, 6) is 1.64. The topological polar surface area (TPSA) is 142 Å². The quantitative estimate of drug-likeness (QED) is 0.146. The fourth-order valence-corrected chi connectivity index (χ4v) is 3.37. The third-order valence-electron chi connectivity index (χ3n) is 6.15. The van der Waals surface area contributed by atoms with Crippen molar-refractivity contribution in [2.75, 3.05) is 0 Å². The summed E-state index contributed by atoms with van der Waals surface area (Å²) in [6, 6.07) is 29.5. The maximum Gasteiger partial charge on any atom is 0.125 e. The minimum atomic E-state index is 0.822. The molecule has 0 aliphatic heterocycles. The largest absolute Gasteiger partial charge is 0.264 e. The Kier molecular flexibility index (Phi) is 27.4. The van der Waals surface area contributed by atoms with Crippen LogP contribution in [-0.2, 0) is 0 Å². The molecule has 288 valence electrons. The highest BCUT2D eigenvalue weighted by molar-refractivity contribution is 5.11. The molecule has 11 nitrogen and oxygen atoms in total. The minimum absolute atomic E-state index is 0.822. The monoisotopic (exact) mass is 747 g/mol. The Morgan fingerprint density at radius 1 is 0.268 bits per heavy atom. The lowest BCUT2D eigenvalue weighted by Crippen LogP contribution is -1.80. The Morgan fingerprint density at radius 3 is 0.911 bits per heavy atom. The summed E-state index contributed by atoms with van der Waals surface area (Å²) in [6.07, 6.45) is 24.2. The molecule has 0 saturated heterocycles. The van der Waals surface area contributed by atoms with E-state index in [9.17, 15) is 0 Å². The third kappa shape index (κ3) is 30.6. The maximum absolute atomic E-state index is 3.98. The average Bonchev–Trinajstić information content (AvgIpc) is 3.22. The van der Waals surface area contributed by atoms with Crippen LogP contribution >= 0.6 is 0 Å². The molecule has 0 aliphatic carbocycles. The van der Waals surface area contributed by atoms with Gasteiger partial charge >= 0.3 is 0 Å². The van der Waals surface area contributed by atoms with Gasteiger partial charge in [0, 0.05) is 91.9 Å². The van der Waals surface area contributed by atoms with Gasteiger partial charge in [-0.2, -0.15) is 0 Å². The normalized spacial score (nSPS) is 8.71. The zero-order valence-electron chi connectivity index (χ0n) is 33.7. The van der Waals surface area contributed by atoms with Crippen molar-refractivity contribution < 1.29 is 0 Å². The standard InChI is InChI=1S/C7H8.3C6H7N.4C5H6N2/c1-7-5-3-2-4-6-7;1-6-3-2-4-7-5-6;2*1-6-4-2-3-5-7-6;1-5-2-6-4-7-3-5;1-5-4-6-2-3-7-5;2*1-5-6-3-2-4-7-5/h2-6H,1H3;3*2-5H,1H3;4*2-4H,1H3. The lowest BCUT2D eigenvalue weighted by atomic mass is 10.2. The first-order valence-electron chi connectivity index (χ1n) is 17.7. The van der Waals surface area contributed by atoms with Crippen LogP contribution in [0.15, 0.2) is 178 Å². The second kappa shape index (κ2) is 32.6. The highest BCUT2D eigenvalue weighted by atomic mass is 14.8. The van der Waals surface area contributed by atoms with Crippen molar-refractivity contribution >= 4 is 0 Å². The van der Waals surface area contributed by atoms with Gasteiger partial charge in [0.25, 0.3) is 0 Å². The summed E-state index contributed by atoms with van der Waals surface area (Å²) in [6.45, 7) is 15.6. The van der Waals surface area contributed by atoms with Gasteiger partial charge in [0.15, 0.2) is 0 Å². The van der Waals surface area contributed by atoms with E-state index in [1.165, 1.54) is 17.5 Å². The molecule has 0 saturated carbocycles. The molecule has 8 rings (SSSR count). The van der Waals surface area contributed by atoms with Gasteiger partial charge in [0.1, 0.15) is 18.0 Å². The smallest absolute Gasteiger partial charge is 0.125 e. The predicted octanol–water partition coefficient (Wildman–Crippen LogP) is 9.31. The molecule has 0 aliphatic rings. The number of hydrogen-bond acceptors (Lipinski definition) is 11. The van der Waals surface area contributed by atoms with Crippen molar-refractivity contribution in [3.05, 3.63) is 223 Å². The predicted molar refractivity (Wildman–Crippen MR) is 225 cm³/mol. The second-order valence-electron chi connectivity index (χ2n) is 11.5. The molecule has 0 spiro atoms. The Balaban J connectivity index is 0.000000320. The van der Waals surface area contributed by atoms with Gasteiger partial charge in [0.05, 0.1) is 5.69 Å². The fraction of sp³-hybridized carbons (Fsp3) is 0.178. The van der Waals surface area contributed by atoms with Gasteiger partial charge in [-0.15, -0.1) is 0 Å².